The van der Waals surface area contributed by atoms with E-state index < -0.39 is 6.80 Å². The van der Waals surface area contributed by atoms with Crippen molar-refractivity contribution in [2.75, 3.05) is 14.2 Å². The van der Waals surface area contributed by atoms with E-state index in [2.05, 4.69) is 12.6 Å². The van der Waals surface area contributed by atoms with Gasteiger partial charge in [-0.1, -0.05) is 6.92 Å². The molecule has 6 heteroatoms. The molecule has 0 aromatic rings. The van der Waals surface area contributed by atoms with Crippen molar-refractivity contribution >= 4 is 30.8 Å². The molecule has 12 heavy (non-hydrogen) atoms. The van der Waals surface area contributed by atoms with E-state index in [0.29, 0.717) is 0 Å². The van der Waals surface area contributed by atoms with E-state index in [9.17, 15) is 4.57 Å². The van der Waals surface area contributed by atoms with Crippen LogP contribution in [0.15, 0.2) is 0 Å². The van der Waals surface area contributed by atoms with Crippen molar-refractivity contribution < 1.29 is 13.6 Å². The highest BCUT2D eigenvalue weighted by atomic mass is 32.7. The summed E-state index contributed by atoms with van der Waals surface area (Å²) in [6.07, 6.45) is 0.789. The number of hydrogen-bond donors (Lipinski definition) is 1. The summed E-state index contributed by atoms with van der Waals surface area (Å²) in [6.45, 7) is 0.869. The number of rotatable bonds is 5. The normalized spacial score (nSPS) is 17.4. The minimum absolute atomic E-state index is 0.373. The van der Waals surface area contributed by atoms with Crippen LogP contribution in [0, 0.1) is 0 Å². The third kappa shape index (κ3) is 4.19. The highest BCUT2D eigenvalue weighted by Crippen LogP contribution is 2.65. The Morgan fingerprint density at radius 3 is 2.17 bits per heavy atom. The molecule has 1 atom stereocenters. The van der Waals surface area contributed by atoms with E-state index in [-0.39, 0.29) is 4.08 Å². The maximum Gasteiger partial charge on any atom is 0.389 e. The van der Waals surface area contributed by atoms with Gasteiger partial charge >= 0.3 is 6.80 Å². The number of hydrogen-bond acceptors (Lipinski definition) is 5. The van der Waals surface area contributed by atoms with Crippen LogP contribution in [0.3, 0.4) is 0 Å². The summed E-state index contributed by atoms with van der Waals surface area (Å²) in [6, 6.07) is 0. The van der Waals surface area contributed by atoms with Gasteiger partial charge in [-0.25, -0.2) is 4.57 Å². The summed E-state index contributed by atoms with van der Waals surface area (Å²) in [5, 5.41) is 0. The van der Waals surface area contributed by atoms with Crippen molar-refractivity contribution in [1.82, 2.24) is 0 Å². The van der Waals surface area contributed by atoms with Crippen molar-refractivity contribution in [3.63, 3.8) is 0 Å². The Morgan fingerprint density at radius 2 is 1.92 bits per heavy atom. The summed E-state index contributed by atoms with van der Waals surface area (Å²) < 4.78 is 20.8. The van der Waals surface area contributed by atoms with Crippen LogP contribution >= 0.6 is 30.8 Å². The lowest BCUT2D eigenvalue weighted by Crippen LogP contribution is -2.08. The summed E-state index contributed by atoms with van der Waals surface area (Å²) in [5.41, 5.74) is 0. The molecule has 0 aliphatic carbocycles. The average molecular weight is 230 g/mol. The lowest BCUT2D eigenvalue weighted by Gasteiger charge is -2.24. The van der Waals surface area contributed by atoms with Gasteiger partial charge in [0.25, 0.3) is 0 Å². The zero-order valence-electron chi connectivity index (χ0n) is 7.73. The van der Waals surface area contributed by atoms with Gasteiger partial charge in [0.15, 0.2) is 0 Å². The lowest BCUT2D eigenvalue weighted by molar-refractivity contribution is 0.295. The first kappa shape index (κ1) is 12.8. The van der Waals surface area contributed by atoms with Crippen molar-refractivity contribution in [3.05, 3.63) is 0 Å². The van der Waals surface area contributed by atoms with Crippen LogP contribution in [0.4, 0.5) is 0 Å². The largest absolute Gasteiger partial charge is 0.389 e. The summed E-state index contributed by atoms with van der Waals surface area (Å²) in [4.78, 5) is 0. The summed E-state index contributed by atoms with van der Waals surface area (Å²) >= 11 is 5.44. The lowest BCUT2D eigenvalue weighted by atomic mass is 10.4. The van der Waals surface area contributed by atoms with Crippen LogP contribution < -0.4 is 0 Å². The zero-order chi connectivity index (χ0) is 9.83. The van der Waals surface area contributed by atoms with E-state index in [0.717, 1.165) is 17.8 Å². The fourth-order valence-corrected chi connectivity index (χ4v) is 4.54. The predicted molar refractivity (Wildman–Crippen MR) is 56.9 cm³/mol. The first-order valence-corrected chi connectivity index (χ1v) is 6.95. The van der Waals surface area contributed by atoms with Crippen molar-refractivity contribution in [2.24, 2.45) is 0 Å². The molecule has 0 aromatic heterocycles. The molecule has 0 radical (unpaired) electrons. The molecule has 0 spiro atoms. The maximum atomic E-state index is 11.6. The molecular weight excluding hydrogens is 215 g/mol. The second kappa shape index (κ2) is 4.91. The van der Waals surface area contributed by atoms with Gasteiger partial charge in [0.2, 0.25) is 0 Å². The Kier molecular flexibility index (Phi) is 5.26. The highest BCUT2D eigenvalue weighted by Gasteiger charge is 2.32. The van der Waals surface area contributed by atoms with Gasteiger partial charge in [-0.15, -0.1) is 0 Å². The molecule has 0 rings (SSSR count). The van der Waals surface area contributed by atoms with Gasteiger partial charge < -0.3 is 9.05 Å². The molecule has 0 aliphatic heterocycles. The minimum Gasteiger partial charge on any atom is -0.304 e. The Hall–Kier alpha value is 0.850. The van der Waals surface area contributed by atoms with E-state index in [4.69, 9.17) is 9.05 Å². The van der Waals surface area contributed by atoms with Crippen LogP contribution in [-0.4, -0.2) is 18.3 Å². The Morgan fingerprint density at radius 1 is 1.50 bits per heavy atom. The molecule has 74 valence electrons. The van der Waals surface area contributed by atoms with Gasteiger partial charge in [0.1, 0.15) is 0 Å². The van der Waals surface area contributed by atoms with E-state index in [1.807, 2.05) is 13.8 Å². The third-order valence-electron chi connectivity index (χ3n) is 1.41. The summed E-state index contributed by atoms with van der Waals surface area (Å²) in [7, 11) is 2.74. The Labute approximate surface area is 83.3 Å². The first-order chi connectivity index (χ1) is 5.39. The zero-order valence-corrected chi connectivity index (χ0v) is 10.3. The molecule has 0 aliphatic rings. The van der Waals surface area contributed by atoms with E-state index in [1.54, 1.807) is 0 Å². The third-order valence-corrected chi connectivity index (χ3v) is 7.01. The molecule has 0 saturated carbocycles. The Balaban J connectivity index is 4.31. The van der Waals surface area contributed by atoms with Crippen LogP contribution in [-0.2, 0) is 13.6 Å². The van der Waals surface area contributed by atoms with E-state index in [1.165, 1.54) is 14.2 Å². The SMILES string of the molecule is CCC(C)(S)SP(=O)(OC)OC. The highest BCUT2D eigenvalue weighted by molar-refractivity contribution is 8.57. The van der Waals surface area contributed by atoms with Gasteiger partial charge in [-0.2, -0.15) is 12.6 Å². The molecule has 0 aromatic carbocycles. The van der Waals surface area contributed by atoms with Crippen LogP contribution in [0.5, 0.6) is 0 Å². The quantitative estimate of drug-likeness (QED) is 0.447. The average Bonchev–Trinajstić information content (AvgIpc) is 2.04. The van der Waals surface area contributed by atoms with E-state index >= 15 is 0 Å². The topological polar surface area (TPSA) is 35.5 Å². The fourth-order valence-electron chi connectivity index (χ4n) is 0.454. The van der Waals surface area contributed by atoms with Crippen molar-refractivity contribution in [3.8, 4) is 0 Å². The molecule has 0 amide bonds. The standard InChI is InChI=1S/C6H15O3PS2/c1-5-6(2,11)12-10(7,8-3)9-4/h11H,5H2,1-4H3. The molecule has 0 bridgehead atoms. The monoisotopic (exact) mass is 230 g/mol. The van der Waals surface area contributed by atoms with Gasteiger partial charge in [-0.05, 0) is 24.7 Å². The van der Waals surface area contributed by atoms with Gasteiger partial charge in [0.05, 0.1) is 4.08 Å². The molecule has 1 unspecified atom stereocenters. The fraction of sp³-hybridized carbons (Fsp3) is 1.00. The van der Waals surface area contributed by atoms with Gasteiger partial charge in [-0.3, -0.25) is 0 Å². The minimum atomic E-state index is -2.98. The second-order valence-electron chi connectivity index (χ2n) is 2.43. The summed E-state index contributed by atoms with van der Waals surface area (Å²) in [5.74, 6) is 0. The smallest absolute Gasteiger partial charge is 0.304 e. The molecular formula is C6H15O3PS2. The molecule has 3 nitrogen and oxygen atoms in total. The van der Waals surface area contributed by atoms with Crippen molar-refractivity contribution in [2.45, 2.75) is 24.3 Å². The molecule has 0 heterocycles. The van der Waals surface area contributed by atoms with Crippen molar-refractivity contribution in [1.29, 1.82) is 0 Å². The predicted octanol–water partition coefficient (Wildman–Crippen LogP) is 3.18. The van der Waals surface area contributed by atoms with Crippen LogP contribution in [0.2, 0.25) is 0 Å². The first-order valence-electron chi connectivity index (χ1n) is 3.54. The Bertz CT molecular complexity index is 176. The van der Waals surface area contributed by atoms with Crippen LogP contribution in [0.1, 0.15) is 20.3 Å². The second-order valence-corrected chi connectivity index (χ2v) is 8.32. The molecule has 0 saturated heterocycles. The van der Waals surface area contributed by atoms with Crippen LogP contribution in [0.25, 0.3) is 0 Å². The maximum absolute atomic E-state index is 11.6. The molecule has 0 N–H and O–H groups in total. The van der Waals surface area contributed by atoms with Gasteiger partial charge in [0, 0.05) is 14.2 Å². The number of thiol groups is 1. The molecule has 0 fully saturated rings.